The molecule has 0 heterocycles. The Morgan fingerprint density at radius 2 is 1.79 bits per heavy atom. The fraction of sp³-hybridized carbons (Fsp3) is 1.00. The van der Waals surface area contributed by atoms with Gasteiger partial charge in [-0.2, -0.15) is 0 Å². The zero-order valence-corrected chi connectivity index (χ0v) is 12.7. The Hall–Kier alpha value is -0.120. The number of hydrogen-bond acceptors (Lipinski definition) is 3. The van der Waals surface area contributed by atoms with Gasteiger partial charge in [-0.25, -0.2) is 0 Å². The molecule has 0 radical (unpaired) electrons. The van der Waals surface area contributed by atoms with E-state index in [1.807, 2.05) is 7.11 Å². The summed E-state index contributed by atoms with van der Waals surface area (Å²) in [5, 5.41) is 3.63. The van der Waals surface area contributed by atoms with Crippen molar-refractivity contribution in [2.24, 2.45) is 5.92 Å². The lowest BCUT2D eigenvalue weighted by atomic mass is 9.94. The van der Waals surface area contributed by atoms with Crippen LogP contribution in [0.5, 0.6) is 0 Å². The third kappa shape index (κ3) is 4.73. The smallest absolute Gasteiger partial charge is 0.0626 e. The Balaban J connectivity index is 1.74. The normalized spacial score (nSPS) is 30.6. The lowest BCUT2D eigenvalue weighted by Crippen LogP contribution is -2.41. The quantitative estimate of drug-likeness (QED) is 0.770. The lowest BCUT2D eigenvalue weighted by molar-refractivity contribution is -0.0394. The van der Waals surface area contributed by atoms with Gasteiger partial charge in [0, 0.05) is 13.2 Å². The van der Waals surface area contributed by atoms with Crippen LogP contribution in [0.3, 0.4) is 0 Å². The zero-order chi connectivity index (χ0) is 13.5. The van der Waals surface area contributed by atoms with Crippen LogP contribution in [0.2, 0.25) is 0 Å². The van der Waals surface area contributed by atoms with Gasteiger partial charge in [-0.3, -0.25) is 0 Å². The zero-order valence-electron chi connectivity index (χ0n) is 12.7. The molecule has 3 nitrogen and oxygen atoms in total. The van der Waals surface area contributed by atoms with Crippen molar-refractivity contribution in [2.75, 3.05) is 20.3 Å². The van der Waals surface area contributed by atoms with E-state index in [9.17, 15) is 0 Å². The van der Waals surface area contributed by atoms with E-state index in [0.29, 0.717) is 18.2 Å². The van der Waals surface area contributed by atoms with Crippen molar-refractivity contribution in [1.82, 2.24) is 5.32 Å². The van der Waals surface area contributed by atoms with Gasteiger partial charge < -0.3 is 14.8 Å². The molecule has 0 aromatic heterocycles. The number of ether oxygens (including phenoxy) is 2. The Morgan fingerprint density at radius 1 is 1.05 bits per heavy atom. The summed E-state index contributed by atoms with van der Waals surface area (Å²) in [5.41, 5.74) is 0. The van der Waals surface area contributed by atoms with Gasteiger partial charge >= 0.3 is 0 Å². The first-order valence-electron chi connectivity index (χ1n) is 8.21. The second-order valence-corrected chi connectivity index (χ2v) is 6.19. The van der Waals surface area contributed by atoms with E-state index < -0.39 is 0 Å². The second kappa shape index (κ2) is 8.23. The Kier molecular flexibility index (Phi) is 6.62. The first-order valence-corrected chi connectivity index (χ1v) is 8.21. The highest BCUT2D eigenvalue weighted by Gasteiger charge is 2.27. The van der Waals surface area contributed by atoms with E-state index in [1.165, 1.54) is 44.9 Å². The summed E-state index contributed by atoms with van der Waals surface area (Å²) in [6.45, 7) is 4.14. The molecule has 3 atom stereocenters. The minimum Gasteiger partial charge on any atom is -0.381 e. The van der Waals surface area contributed by atoms with Crippen molar-refractivity contribution < 1.29 is 9.47 Å². The van der Waals surface area contributed by atoms with E-state index in [2.05, 4.69) is 12.2 Å². The molecule has 2 fully saturated rings. The van der Waals surface area contributed by atoms with Crippen LogP contribution in [0, 0.1) is 5.92 Å². The Morgan fingerprint density at radius 3 is 2.47 bits per heavy atom. The fourth-order valence-electron chi connectivity index (χ4n) is 3.69. The topological polar surface area (TPSA) is 30.5 Å². The number of methoxy groups -OCH3 is 1. The number of likely N-dealkylation sites (N-methyl/N-ethyl adjacent to an activating group) is 1. The van der Waals surface area contributed by atoms with Gasteiger partial charge in [0.25, 0.3) is 0 Å². The highest BCUT2D eigenvalue weighted by molar-refractivity contribution is 4.81. The van der Waals surface area contributed by atoms with Gasteiger partial charge in [0.1, 0.15) is 0 Å². The molecular formula is C16H31NO2. The molecule has 0 aromatic rings. The lowest BCUT2D eigenvalue weighted by Gasteiger charge is -2.31. The average molecular weight is 269 g/mol. The van der Waals surface area contributed by atoms with E-state index in [0.717, 1.165) is 25.5 Å². The third-order valence-electron chi connectivity index (χ3n) is 4.86. The number of rotatable bonds is 7. The molecule has 2 aliphatic carbocycles. The molecule has 2 aliphatic rings. The summed E-state index contributed by atoms with van der Waals surface area (Å²) in [7, 11) is 1.83. The standard InChI is InChI=1S/C16H31NO2/c1-3-17-16(13-7-4-5-8-13)12-19-15-10-6-9-14(11-15)18-2/h13-17H,3-12H2,1-2H3. The summed E-state index contributed by atoms with van der Waals surface area (Å²) < 4.78 is 11.7. The van der Waals surface area contributed by atoms with Crippen molar-refractivity contribution in [3.05, 3.63) is 0 Å². The van der Waals surface area contributed by atoms with Gasteiger partial charge in [0.15, 0.2) is 0 Å². The Labute approximate surface area is 118 Å². The molecule has 2 rings (SSSR count). The van der Waals surface area contributed by atoms with E-state index in [-0.39, 0.29) is 0 Å². The molecule has 1 N–H and O–H groups in total. The molecule has 0 bridgehead atoms. The van der Waals surface area contributed by atoms with E-state index in [1.54, 1.807) is 0 Å². The van der Waals surface area contributed by atoms with Gasteiger partial charge in [0.05, 0.1) is 18.8 Å². The fourth-order valence-corrected chi connectivity index (χ4v) is 3.69. The van der Waals surface area contributed by atoms with Gasteiger partial charge in [0.2, 0.25) is 0 Å². The predicted molar refractivity (Wildman–Crippen MR) is 78.4 cm³/mol. The van der Waals surface area contributed by atoms with Crippen molar-refractivity contribution in [3.63, 3.8) is 0 Å². The van der Waals surface area contributed by atoms with Crippen LogP contribution < -0.4 is 5.32 Å². The molecule has 0 spiro atoms. The third-order valence-corrected chi connectivity index (χ3v) is 4.86. The minimum atomic E-state index is 0.418. The summed E-state index contributed by atoms with van der Waals surface area (Å²) in [4.78, 5) is 0. The minimum absolute atomic E-state index is 0.418. The van der Waals surface area contributed by atoms with Crippen LogP contribution in [0.25, 0.3) is 0 Å². The summed E-state index contributed by atoms with van der Waals surface area (Å²) in [6, 6.07) is 0.565. The second-order valence-electron chi connectivity index (χ2n) is 6.19. The van der Waals surface area contributed by atoms with Crippen LogP contribution in [-0.2, 0) is 9.47 Å². The Bertz CT molecular complexity index is 241. The van der Waals surface area contributed by atoms with Crippen LogP contribution >= 0.6 is 0 Å². The van der Waals surface area contributed by atoms with Crippen molar-refractivity contribution in [2.45, 2.75) is 76.5 Å². The van der Waals surface area contributed by atoms with Crippen LogP contribution in [0.15, 0.2) is 0 Å². The van der Waals surface area contributed by atoms with Gasteiger partial charge in [-0.1, -0.05) is 19.8 Å². The first kappa shape index (κ1) is 15.3. The van der Waals surface area contributed by atoms with Crippen molar-refractivity contribution >= 4 is 0 Å². The summed E-state index contributed by atoms with van der Waals surface area (Å²) >= 11 is 0. The molecule has 2 saturated carbocycles. The summed E-state index contributed by atoms with van der Waals surface area (Å²) in [6.07, 6.45) is 11.2. The highest BCUT2D eigenvalue weighted by atomic mass is 16.5. The molecular weight excluding hydrogens is 238 g/mol. The molecule has 3 heteroatoms. The predicted octanol–water partition coefficient (Wildman–Crippen LogP) is 3.13. The maximum absolute atomic E-state index is 6.20. The molecule has 0 saturated heterocycles. The summed E-state index contributed by atoms with van der Waals surface area (Å²) in [5.74, 6) is 0.835. The van der Waals surface area contributed by atoms with Crippen molar-refractivity contribution in [1.29, 1.82) is 0 Å². The largest absolute Gasteiger partial charge is 0.381 e. The maximum Gasteiger partial charge on any atom is 0.0626 e. The van der Waals surface area contributed by atoms with E-state index in [4.69, 9.17) is 9.47 Å². The molecule has 0 amide bonds. The van der Waals surface area contributed by atoms with Crippen molar-refractivity contribution in [3.8, 4) is 0 Å². The molecule has 112 valence electrons. The van der Waals surface area contributed by atoms with Gasteiger partial charge in [-0.15, -0.1) is 0 Å². The number of hydrogen-bond donors (Lipinski definition) is 1. The maximum atomic E-state index is 6.20. The van der Waals surface area contributed by atoms with Crippen LogP contribution in [-0.4, -0.2) is 38.5 Å². The average Bonchev–Trinajstić information content (AvgIpc) is 2.97. The molecule has 3 unspecified atom stereocenters. The first-order chi connectivity index (χ1) is 9.33. The monoisotopic (exact) mass is 269 g/mol. The molecule has 0 aliphatic heterocycles. The highest BCUT2D eigenvalue weighted by Crippen LogP contribution is 2.29. The molecule has 19 heavy (non-hydrogen) atoms. The SMILES string of the molecule is CCNC(COC1CCCC(OC)C1)C1CCCC1. The molecule has 0 aromatic carbocycles. The van der Waals surface area contributed by atoms with Crippen LogP contribution in [0.4, 0.5) is 0 Å². The van der Waals surface area contributed by atoms with Gasteiger partial charge in [-0.05, 0) is 51.0 Å². The number of nitrogens with one attached hydrogen (secondary N) is 1. The van der Waals surface area contributed by atoms with E-state index >= 15 is 0 Å². The van der Waals surface area contributed by atoms with Crippen LogP contribution in [0.1, 0.15) is 58.3 Å².